The number of rotatable bonds is 5. The highest BCUT2D eigenvalue weighted by atomic mass is 19.2. The van der Waals surface area contributed by atoms with Gasteiger partial charge in [0, 0.05) is 36.9 Å². The molecule has 0 radical (unpaired) electrons. The Morgan fingerprint density at radius 1 is 1.00 bits per heavy atom. The predicted octanol–water partition coefficient (Wildman–Crippen LogP) is 3.38. The molecule has 4 rings (SSSR count). The maximum Gasteiger partial charge on any atom is 0.203 e. The minimum absolute atomic E-state index is 0.234. The Morgan fingerprint density at radius 3 is 2.62 bits per heavy atom. The van der Waals surface area contributed by atoms with E-state index in [-0.39, 0.29) is 11.8 Å². The monoisotopic (exact) mass is 393 g/mol. The minimum Gasteiger partial charge on any atom is -0.288 e. The Balaban J connectivity index is 1.65. The van der Waals surface area contributed by atoms with Crippen LogP contribution in [0.25, 0.3) is 17.1 Å². The van der Waals surface area contributed by atoms with Gasteiger partial charge in [-0.2, -0.15) is 10.2 Å². The lowest BCUT2D eigenvalue weighted by Gasteiger charge is -2.08. The number of aryl methyl sites for hydroxylation is 1. The van der Waals surface area contributed by atoms with Crippen molar-refractivity contribution >= 4 is 0 Å². The van der Waals surface area contributed by atoms with Gasteiger partial charge in [-0.3, -0.25) is 9.48 Å². The van der Waals surface area contributed by atoms with Gasteiger partial charge in [0.25, 0.3) is 0 Å². The summed E-state index contributed by atoms with van der Waals surface area (Å²) < 4.78 is 29.8. The van der Waals surface area contributed by atoms with Gasteiger partial charge in [-0.15, -0.1) is 0 Å². The molecule has 146 valence electrons. The third kappa shape index (κ3) is 3.96. The fraction of sp³-hybridized carbons (Fsp3) is 0.143. The van der Waals surface area contributed by atoms with Crippen LogP contribution in [0.2, 0.25) is 0 Å². The molecule has 0 fully saturated rings. The van der Waals surface area contributed by atoms with Crippen LogP contribution in [-0.2, 0) is 13.0 Å². The first-order valence-corrected chi connectivity index (χ1v) is 9.06. The van der Waals surface area contributed by atoms with E-state index in [1.165, 1.54) is 23.0 Å². The molecule has 0 atom stereocenters. The average Bonchev–Trinajstić information content (AvgIpc) is 3.21. The fourth-order valence-electron chi connectivity index (χ4n) is 2.93. The number of hydrogen-bond donors (Lipinski definition) is 0. The van der Waals surface area contributed by atoms with Gasteiger partial charge in [-0.05, 0) is 30.7 Å². The second-order valence-electron chi connectivity index (χ2n) is 6.47. The molecule has 0 N–H and O–H groups in total. The molecule has 2 aromatic heterocycles. The number of benzene rings is 2. The number of nitrogens with zero attached hydrogens (tertiary/aromatic N) is 5. The summed E-state index contributed by atoms with van der Waals surface area (Å²) in [6.45, 7) is 2.71. The largest absolute Gasteiger partial charge is 0.288 e. The Morgan fingerprint density at radius 2 is 1.86 bits per heavy atom. The molecule has 29 heavy (non-hydrogen) atoms. The first-order chi connectivity index (χ1) is 14.0. The molecule has 0 amide bonds. The van der Waals surface area contributed by atoms with E-state index >= 15 is 0 Å². The van der Waals surface area contributed by atoms with E-state index in [2.05, 4.69) is 15.2 Å². The molecule has 2 heterocycles. The molecule has 6 nitrogen and oxygen atoms in total. The van der Waals surface area contributed by atoms with Crippen molar-refractivity contribution in [3.63, 3.8) is 0 Å². The van der Waals surface area contributed by atoms with Crippen LogP contribution in [0.5, 0.6) is 0 Å². The van der Waals surface area contributed by atoms with E-state index < -0.39 is 11.6 Å². The van der Waals surface area contributed by atoms with Crippen LogP contribution in [0, 0.1) is 11.6 Å². The topological polar surface area (TPSA) is 65.6 Å². The van der Waals surface area contributed by atoms with Crippen LogP contribution < -0.4 is 5.43 Å². The highest BCUT2D eigenvalue weighted by molar-refractivity contribution is 5.55. The van der Waals surface area contributed by atoms with E-state index in [1.54, 1.807) is 11.0 Å². The van der Waals surface area contributed by atoms with Crippen molar-refractivity contribution in [2.45, 2.75) is 19.9 Å². The number of halogens is 2. The van der Waals surface area contributed by atoms with Crippen LogP contribution in [0.15, 0.2) is 65.8 Å². The molecule has 0 unspecified atom stereocenters. The van der Waals surface area contributed by atoms with Crippen molar-refractivity contribution < 1.29 is 8.78 Å². The average molecular weight is 393 g/mol. The smallest absolute Gasteiger partial charge is 0.203 e. The van der Waals surface area contributed by atoms with Crippen molar-refractivity contribution in [2.75, 3.05) is 0 Å². The molecular formula is C21H17F2N5O. The first kappa shape index (κ1) is 18.7. The van der Waals surface area contributed by atoms with Crippen LogP contribution in [0.1, 0.15) is 18.2 Å². The van der Waals surface area contributed by atoms with E-state index in [0.717, 1.165) is 29.8 Å². The minimum atomic E-state index is -0.976. The van der Waals surface area contributed by atoms with E-state index in [1.807, 2.05) is 31.2 Å². The first-order valence-electron chi connectivity index (χ1n) is 9.06. The molecule has 8 heteroatoms. The summed E-state index contributed by atoms with van der Waals surface area (Å²) in [5.74, 6) is -1.31. The van der Waals surface area contributed by atoms with Gasteiger partial charge in [0.1, 0.15) is 12.0 Å². The van der Waals surface area contributed by atoms with E-state index in [4.69, 9.17) is 0 Å². The van der Waals surface area contributed by atoms with Gasteiger partial charge < -0.3 is 0 Å². The van der Waals surface area contributed by atoms with Gasteiger partial charge in [0.15, 0.2) is 17.5 Å². The second kappa shape index (κ2) is 7.75. The zero-order valence-electron chi connectivity index (χ0n) is 15.6. The van der Waals surface area contributed by atoms with Crippen LogP contribution in [-0.4, -0.2) is 24.5 Å². The van der Waals surface area contributed by atoms with Gasteiger partial charge in [0.05, 0.1) is 5.69 Å². The Bertz CT molecular complexity index is 1230. The summed E-state index contributed by atoms with van der Waals surface area (Å²) >= 11 is 0. The lowest BCUT2D eigenvalue weighted by molar-refractivity contribution is 0.507. The van der Waals surface area contributed by atoms with Gasteiger partial charge >= 0.3 is 0 Å². The Hall–Kier alpha value is -3.68. The van der Waals surface area contributed by atoms with Crippen molar-refractivity contribution in [2.24, 2.45) is 0 Å². The maximum atomic E-state index is 13.5. The molecule has 0 saturated carbocycles. The zero-order valence-corrected chi connectivity index (χ0v) is 15.6. The lowest BCUT2D eigenvalue weighted by atomic mass is 10.1. The third-order valence-corrected chi connectivity index (χ3v) is 4.46. The van der Waals surface area contributed by atoms with Crippen LogP contribution >= 0.6 is 0 Å². The molecule has 4 aromatic rings. The molecule has 0 saturated heterocycles. The molecule has 0 spiro atoms. The Labute approximate surface area is 165 Å². The molecule has 2 aromatic carbocycles. The second-order valence-corrected chi connectivity index (χ2v) is 6.47. The summed E-state index contributed by atoms with van der Waals surface area (Å²) in [5, 5.41) is 8.70. The van der Waals surface area contributed by atoms with Crippen LogP contribution in [0.3, 0.4) is 0 Å². The normalized spacial score (nSPS) is 11.0. The highest BCUT2D eigenvalue weighted by Crippen LogP contribution is 2.18. The quantitative estimate of drug-likeness (QED) is 0.521. The summed E-state index contributed by atoms with van der Waals surface area (Å²) in [4.78, 5) is 16.6. The van der Waals surface area contributed by atoms with Crippen molar-refractivity contribution in [1.29, 1.82) is 0 Å². The fourth-order valence-corrected chi connectivity index (χ4v) is 2.93. The molecular weight excluding hydrogens is 376 g/mol. The standard InChI is InChI=1S/C21H17F2N5O/c1-2-27-13-24-21(26-27)15-5-3-4-14(10-15)11-19-20(29)8-9-28(25-19)16-6-7-17(22)18(23)12-16/h3-10,12-13H,2,11H2,1H3. The SMILES string of the molecule is CCn1cnc(-c2cccc(Cc3nn(-c4ccc(F)c(F)c4)ccc3=O)c2)n1. The van der Waals surface area contributed by atoms with Crippen molar-refractivity contribution in [3.05, 3.63) is 94.2 Å². The van der Waals surface area contributed by atoms with Gasteiger partial charge in [-0.1, -0.05) is 18.2 Å². The van der Waals surface area contributed by atoms with E-state index in [0.29, 0.717) is 17.2 Å². The van der Waals surface area contributed by atoms with Crippen LogP contribution in [0.4, 0.5) is 8.78 Å². The zero-order chi connectivity index (χ0) is 20.4. The molecule has 0 aliphatic rings. The summed E-state index contributed by atoms with van der Waals surface area (Å²) in [6, 6.07) is 12.4. The van der Waals surface area contributed by atoms with Gasteiger partial charge in [0.2, 0.25) is 5.43 Å². The van der Waals surface area contributed by atoms with Crippen molar-refractivity contribution in [3.8, 4) is 17.1 Å². The third-order valence-electron chi connectivity index (χ3n) is 4.46. The molecule has 0 bridgehead atoms. The highest BCUT2D eigenvalue weighted by Gasteiger charge is 2.10. The maximum absolute atomic E-state index is 13.5. The predicted molar refractivity (Wildman–Crippen MR) is 104 cm³/mol. The summed E-state index contributed by atoms with van der Waals surface area (Å²) in [6.07, 6.45) is 3.38. The summed E-state index contributed by atoms with van der Waals surface area (Å²) in [5.41, 5.74) is 2.09. The van der Waals surface area contributed by atoms with Gasteiger partial charge in [-0.25, -0.2) is 18.4 Å². The molecule has 0 aliphatic carbocycles. The number of hydrogen-bond acceptors (Lipinski definition) is 4. The van der Waals surface area contributed by atoms with Crippen molar-refractivity contribution in [1.82, 2.24) is 24.5 Å². The summed E-state index contributed by atoms with van der Waals surface area (Å²) in [7, 11) is 0. The molecule has 0 aliphatic heterocycles. The Kier molecular flexibility index (Phi) is 4.99. The lowest BCUT2D eigenvalue weighted by Crippen LogP contribution is -2.16. The van der Waals surface area contributed by atoms with E-state index in [9.17, 15) is 13.6 Å². The number of aromatic nitrogens is 5.